The van der Waals surface area contributed by atoms with Gasteiger partial charge in [0.1, 0.15) is 0 Å². The van der Waals surface area contributed by atoms with Crippen molar-refractivity contribution in [3.05, 3.63) is 34.9 Å². The number of aliphatic hydroxyl groups excluding tert-OH is 1. The maximum atomic E-state index is 11.0. The molecule has 0 fully saturated rings. The zero-order valence-corrected chi connectivity index (χ0v) is 9.19. The molecule has 0 radical (unpaired) electrons. The fourth-order valence-corrected chi connectivity index (χ4v) is 1.42. The molecule has 0 unspecified atom stereocenters. The molecule has 0 bridgehead atoms. The fourth-order valence-electron chi connectivity index (χ4n) is 1.42. The van der Waals surface area contributed by atoms with E-state index in [2.05, 4.69) is 10.7 Å². The Morgan fingerprint density at radius 1 is 1.56 bits per heavy atom. The molecule has 84 valence electrons. The minimum Gasteiger partial charge on any atom is -0.469 e. The van der Waals surface area contributed by atoms with Crippen molar-refractivity contribution < 1.29 is 14.6 Å². The molecule has 0 saturated heterocycles. The van der Waals surface area contributed by atoms with Crippen molar-refractivity contribution in [3.8, 4) is 12.3 Å². The summed E-state index contributed by atoms with van der Waals surface area (Å²) in [7, 11) is 1.36. The summed E-state index contributed by atoms with van der Waals surface area (Å²) in [5, 5.41) is 9.11. The molecule has 0 heterocycles. The van der Waals surface area contributed by atoms with Gasteiger partial charge in [-0.15, -0.1) is 6.42 Å². The van der Waals surface area contributed by atoms with E-state index in [0.29, 0.717) is 24.0 Å². The molecule has 3 nitrogen and oxygen atoms in total. The van der Waals surface area contributed by atoms with Crippen LogP contribution in [-0.4, -0.2) is 18.2 Å². The van der Waals surface area contributed by atoms with Gasteiger partial charge in [0.15, 0.2) is 0 Å². The van der Waals surface area contributed by atoms with Crippen molar-refractivity contribution in [1.82, 2.24) is 0 Å². The molecule has 1 aromatic carbocycles. The number of carbonyl (C=O) groups is 1. The minimum absolute atomic E-state index is 0.0917. The second kappa shape index (κ2) is 5.94. The summed E-state index contributed by atoms with van der Waals surface area (Å²) in [5.74, 6) is 2.25. The summed E-state index contributed by atoms with van der Waals surface area (Å²) in [6.07, 6.45) is 6.20. The highest BCUT2D eigenvalue weighted by Gasteiger charge is 2.04. The molecule has 0 aromatic heterocycles. The van der Waals surface area contributed by atoms with E-state index in [1.165, 1.54) is 7.11 Å². The third-order valence-electron chi connectivity index (χ3n) is 2.34. The van der Waals surface area contributed by atoms with Gasteiger partial charge in [0, 0.05) is 12.0 Å². The predicted octanol–water partition coefficient (Wildman–Crippen LogP) is 1.27. The van der Waals surface area contributed by atoms with Gasteiger partial charge in [-0.1, -0.05) is 18.1 Å². The number of hydrogen-bond acceptors (Lipinski definition) is 3. The molecule has 1 N–H and O–H groups in total. The lowest BCUT2D eigenvalue weighted by Gasteiger charge is -2.05. The number of carbonyl (C=O) groups excluding carboxylic acids is 1. The van der Waals surface area contributed by atoms with Gasteiger partial charge in [0.2, 0.25) is 0 Å². The van der Waals surface area contributed by atoms with Crippen LogP contribution >= 0.6 is 0 Å². The number of hydrogen-bond donors (Lipinski definition) is 1. The van der Waals surface area contributed by atoms with Crippen LogP contribution in [0.25, 0.3) is 0 Å². The number of methoxy groups -OCH3 is 1. The van der Waals surface area contributed by atoms with Crippen molar-refractivity contribution in [3.63, 3.8) is 0 Å². The number of rotatable bonds is 4. The highest BCUT2D eigenvalue weighted by atomic mass is 16.5. The Kier molecular flexibility index (Phi) is 4.56. The molecule has 0 aliphatic carbocycles. The van der Waals surface area contributed by atoms with Gasteiger partial charge in [0.25, 0.3) is 0 Å². The van der Waals surface area contributed by atoms with Crippen molar-refractivity contribution in [2.24, 2.45) is 0 Å². The number of benzene rings is 1. The summed E-state index contributed by atoms with van der Waals surface area (Å²) >= 11 is 0. The summed E-state index contributed by atoms with van der Waals surface area (Å²) < 4.78 is 4.55. The third kappa shape index (κ3) is 3.11. The number of aryl methyl sites for hydroxylation is 1. The quantitative estimate of drug-likeness (QED) is 0.611. The van der Waals surface area contributed by atoms with Gasteiger partial charge in [-0.25, -0.2) is 0 Å². The number of esters is 1. The average molecular weight is 218 g/mol. The molecule has 3 heteroatoms. The van der Waals surface area contributed by atoms with Crippen molar-refractivity contribution >= 4 is 5.97 Å². The second-order valence-electron chi connectivity index (χ2n) is 3.37. The van der Waals surface area contributed by atoms with E-state index in [4.69, 9.17) is 11.5 Å². The van der Waals surface area contributed by atoms with Crippen LogP contribution in [0, 0.1) is 12.3 Å². The Hall–Kier alpha value is -1.79. The van der Waals surface area contributed by atoms with E-state index in [1.54, 1.807) is 6.07 Å². The fraction of sp³-hybridized carbons (Fsp3) is 0.308. The highest BCUT2D eigenvalue weighted by Crippen LogP contribution is 2.13. The van der Waals surface area contributed by atoms with Crippen LogP contribution in [-0.2, 0) is 22.6 Å². The van der Waals surface area contributed by atoms with E-state index in [0.717, 1.165) is 5.56 Å². The topological polar surface area (TPSA) is 46.5 Å². The first-order valence-electron chi connectivity index (χ1n) is 4.97. The molecular weight excluding hydrogens is 204 g/mol. The molecule has 0 atom stereocenters. The van der Waals surface area contributed by atoms with E-state index >= 15 is 0 Å². The Bertz CT molecular complexity index is 416. The van der Waals surface area contributed by atoms with Crippen molar-refractivity contribution in [1.29, 1.82) is 0 Å². The molecule has 1 aromatic rings. The monoisotopic (exact) mass is 218 g/mol. The third-order valence-corrected chi connectivity index (χ3v) is 2.34. The van der Waals surface area contributed by atoms with Gasteiger partial charge >= 0.3 is 5.97 Å². The van der Waals surface area contributed by atoms with Crippen LogP contribution in [0.1, 0.15) is 23.1 Å². The maximum absolute atomic E-state index is 11.0. The lowest BCUT2D eigenvalue weighted by Crippen LogP contribution is -2.02. The SMILES string of the molecule is C#Cc1ccc(CCC(=O)OC)cc1CO. The molecule has 16 heavy (non-hydrogen) atoms. The molecule has 0 spiro atoms. The van der Waals surface area contributed by atoms with Gasteiger partial charge in [-0.05, 0) is 23.6 Å². The predicted molar refractivity (Wildman–Crippen MR) is 60.6 cm³/mol. The Morgan fingerprint density at radius 2 is 2.31 bits per heavy atom. The van der Waals surface area contributed by atoms with Gasteiger partial charge < -0.3 is 9.84 Å². The Morgan fingerprint density at radius 3 is 2.88 bits per heavy atom. The highest BCUT2D eigenvalue weighted by molar-refractivity contribution is 5.69. The van der Waals surface area contributed by atoms with E-state index in [-0.39, 0.29) is 12.6 Å². The Labute approximate surface area is 95.1 Å². The lowest BCUT2D eigenvalue weighted by molar-refractivity contribution is -0.140. The summed E-state index contributed by atoms with van der Waals surface area (Å²) in [6.45, 7) is -0.0917. The average Bonchev–Trinajstić information content (AvgIpc) is 2.35. The van der Waals surface area contributed by atoms with Crippen LogP contribution < -0.4 is 0 Å². The normalized spacial score (nSPS) is 9.56. The van der Waals surface area contributed by atoms with E-state index < -0.39 is 0 Å². The van der Waals surface area contributed by atoms with Gasteiger partial charge in [0.05, 0.1) is 13.7 Å². The van der Waals surface area contributed by atoms with Gasteiger partial charge in [-0.3, -0.25) is 4.79 Å². The minimum atomic E-state index is -0.244. The summed E-state index contributed by atoms with van der Waals surface area (Å²) in [5.41, 5.74) is 2.36. The molecule has 1 rings (SSSR count). The van der Waals surface area contributed by atoms with E-state index in [1.807, 2.05) is 12.1 Å². The molecule has 0 aliphatic heterocycles. The van der Waals surface area contributed by atoms with Crippen LogP contribution in [0.5, 0.6) is 0 Å². The Balaban J connectivity index is 2.76. The first-order chi connectivity index (χ1) is 7.71. The maximum Gasteiger partial charge on any atom is 0.305 e. The smallest absolute Gasteiger partial charge is 0.305 e. The van der Waals surface area contributed by atoms with Crippen molar-refractivity contribution in [2.45, 2.75) is 19.4 Å². The zero-order chi connectivity index (χ0) is 12.0. The molecule has 0 saturated carbocycles. The summed E-state index contributed by atoms with van der Waals surface area (Å²) in [4.78, 5) is 11.0. The van der Waals surface area contributed by atoms with Crippen LogP contribution in [0.15, 0.2) is 18.2 Å². The molecule has 0 aliphatic rings. The zero-order valence-electron chi connectivity index (χ0n) is 9.19. The lowest BCUT2D eigenvalue weighted by atomic mass is 10.0. The van der Waals surface area contributed by atoms with Gasteiger partial charge in [-0.2, -0.15) is 0 Å². The largest absolute Gasteiger partial charge is 0.469 e. The standard InChI is InChI=1S/C13H14O3/c1-3-11-6-4-10(8-12(11)9-14)5-7-13(15)16-2/h1,4,6,8,14H,5,7,9H2,2H3. The van der Waals surface area contributed by atoms with Crippen LogP contribution in [0.4, 0.5) is 0 Å². The number of terminal acetylenes is 1. The summed E-state index contributed by atoms with van der Waals surface area (Å²) in [6, 6.07) is 5.45. The van der Waals surface area contributed by atoms with Crippen LogP contribution in [0.2, 0.25) is 0 Å². The second-order valence-corrected chi connectivity index (χ2v) is 3.37. The van der Waals surface area contributed by atoms with Crippen molar-refractivity contribution in [2.75, 3.05) is 7.11 Å². The van der Waals surface area contributed by atoms with E-state index in [9.17, 15) is 4.79 Å². The first kappa shape index (κ1) is 12.3. The molecular formula is C13H14O3. The number of ether oxygens (including phenoxy) is 1. The van der Waals surface area contributed by atoms with Crippen LogP contribution in [0.3, 0.4) is 0 Å². The first-order valence-corrected chi connectivity index (χ1v) is 4.97. The number of aliphatic hydroxyl groups is 1. The molecule has 0 amide bonds.